The van der Waals surface area contributed by atoms with Crippen LogP contribution in [0.1, 0.15) is 12.5 Å². The number of morpholine rings is 1. The van der Waals surface area contributed by atoms with E-state index in [1.54, 1.807) is 0 Å². The second kappa shape index (κ2) is 10.2. The molecule has 3 rings (SSSR count). The summed E-state index contributed by atoms with van der Waals surface area (Å²) < 4.78 is 5.46. The number of hydrogen-bond donors (Lipinski definition) is 0. The topological polar surface area (TPSA) is 36.0 Å². The number of rotatable bonds is 8. The molecule has 0 aromatic heterocycles. The molecule has 5 nitrogen and oxygen atoms in total. The van der Waals surface area contributed by atoms with E-state index in [2.05, 4.69) is 24.0 Å². The van der Waals surface area contributed by atoms with Gasteiger partial charge in [0.25, 0.3) is 0 Å². The third-order valence-electron chi connectivity index (χ3n) is 5.24. The van der Waals surface area contributed by atoms with Gasteiger partial charge in [-0.2, -0.15) is 0 Å². The lowest BCUT2D eigenvalue weighted by Crippen LogP contribution is -2.50. The first kappa shape index (κ1) is 20.4. The number of nitrogens with zero attached hydrogens (tertiary/aromatic N) is 3. The van der Waals surface area contributed by atoms with E-state index < -0.39 is 0 Å². The highest BCUT2D eigenvalue weighted by atomic mass is 16.5. The van der Waals surface area contributed by atoms with Crippen LogP contribution in [-0.2, 0) is 16.1 Å². The molecular weight excluding hydrogens is 350 g/mol. The summed E-state index contributed by atoms with van der Waals surface area (Å²) in [4.78, 5) is 19.7. The minimum Gasteiger partial charge on any atom is -0.379 e. The second-order valence-corrected chi connectivity index (χ2v) is 7.46. The van der Waals surface area contributed by atoms with Crippen molar-refractivity contribution >= 4 is 11.6 Å². The van der Waals surface area contributed by atoms with Gasteiger partial charge in [-0.3, -0.25) is 9.69 Å². The Morgan fingerprint density at radius 2 is 1.64 bits per heavy atom. The summed E-state index contributed by atoms with van der Waals surface area (Å²) in [5.41, 5.74) is 2.21. The predicted octanol–water partition coefficient (Wildman–Crippen LogP) is 2.87. The third-order valence-corrected chi connectivity index (χ3v) is 5.24. The fraction of sp³-hybridized carbons (Fsp3) is 0.435. The molecular formula is C23H31N3O2. The molecule has 1 saturated heterocycles. The summed E-state index contributed by atoms with van der Waals surface area (Å²) in [7, 11) is 1.97. The zero-order chi connectivity index (χ0) is 19.8. The fourth-order valence-electron chi connectivity index (χ4n) is 3.59. The van der Waals surface area contributed by atoms with Gasteiger partial charge in [-0.05, 0) is 24.6 Å². The van der Waals surface area contributed by atoms with E-state index in [1.807, 2.05) is 65.4 Å². The molecule has 150 valence electrons. The van der Waals surface area contributed by atoms with Crippen molar-refractivity contribution in [3.8, 4) is 0 Å². The van der Waals surface area contributed by atoms with Gasteiger partial charge in [0.2, 0.25) is 5.91 Å². The van der Waals surface area contributed by atoms with E-state index in [-0.39, 0.29) is 11.9 Å². The van der Waals surface area contributed by atoms with Crippen LogP contribution >= 0.6 is 0 Å². The second-order valence-electron chi connectivity index (χ2n) is 7.46. The van der Waals surface area contributed by atoms with Crippen molar-refractivity contribution < 1.29 is 9.53 Å². The van der Waals surface area contributed by atoms with E-state index in [0.29, 0.717) is 13.1 Å². The summed E-state index contributed by atoms with van der Waals surface area (Å²) >= 11 is 0. The van der Waals surface area contributed by atoms with Crippen molar-refractivity contribution in [3.63, 3.8) is 0 Å². The smallest absolute Gasteiger partial charge is 0.242 e. The Hall–Kier alpha value is -2.37. The predicted molar refractivity (Wildman–Crippen MR) is 113 cm³/mol. The fourth-order valence-corrected chi connectivity index (χ4v) is 3.59. The van der Waals surface area contributed by atoms with Crippen LogP contribution in [0.2, 0.25) is 0 Å². The van der Waals surface area contributed by atoms with Crippen LogP contribution in [0.3, 0.4) is 0 Å². The molecule has 0 spiro atoms. The van der Waals surface area contributed by atoms with Crippen molar-refractivity contribution in [1.82, 2.24) is 9.80 Å². The summed E-state index contributed by atoms with van der Waals surface area (Å²) in [6.45, 7) is 7.43. The van der Waals surface area contributed by atoms with Crippen LogP contribution < -0.4 is 4.90 Å². The summed E-state index contributed by atoms with van der Waals surface area (Å²) in [5.74, 6) is 0.149. The first-order valence-electron chi connectivity index (χ1n) is 10.0. The van der Waals surface area contributed by atoms with Crippen LogP contribution in [0.15, 0.2) is 60.7 Å². The van der Waals surface area contributed by atoms with Crippen LogP contribution in [0.4, 0.5) is 5.69 Å². The maximum atomic E-state index is 13.3. The molecule has 5 heteroatoms. The number of anilines is 1. The molecule has 1 aliphatic heterocycles. The molecule has 0 saturated carbocycles. The van der Waals surface area contributed by atoms with Crippen molar-refractivity contribution in [2.24, 2.45) is 0 Å². The molecule has 2 aromatic rings. The van der Waals surface area contributed by atoms with Gasteiger partial charge in [0.1, 0.15) is 0 Å². The maximum Gasteiger partial charge on any atom is 0.242 e. The molecule has 1 amide bonds. The molecule has 0 aliphatic carbocycles. The SMILES string of the molecule is CC(CN1CCOCC1)N(Cc1ccccc1)C(=O)CN(C)c1ccccc1. The Morgan fingerprint density at radius 1 is 1.04 bits per heavy atom. The van der Waals surface area contributed by atoms with Crippen molar-refractivity contribution in [2.45, 2.75) is 19.5 Å². The number of amides is 1. The summed E-state index contributed by atoms with van der Waals surface area (Å²) in [6.07, 6.45) is 0. The largest absolute Gasteiger partial charge is 0.379 e. The van der Waals surface area contributed by atoms with Crippen LogP contribution in [-0.4, -0.2) is 68.2 Å². The lowest BCUT2D eigenvalue weighted by atomic mass is 10.1. The third kappa shape index (κ3) is 5.81. The number of carbonyl (C=O) groups excluding carboxylic acids is 1. The van der Waals surface area contributed by atoms with E-state index >= 15 is 0 Å². The quantitative estimate of drug-likeness (QED) is 0.705. The van der Waals surface area contributed by atoms with Gasteiger partial charge in [-0.1, -0.05) is 48.5 Å². The molecule has 1 heterocycles. The van der Waals surface area contributed by atoms with E-state index in [0.717, 1.165) is 44.1 Å². The number of para-hydroxylation sites is 1. The summed E-state index contributed by atoms with van der Waals surface area (Å²) in [5, 5.41) is 0. The van der Waals surface area contributed by atoms with Gasteiger partial charge in [0.05, 0.1) is 19.8 Å². The maximum absolute atomic E-state index is 13.3. The minimum absolute atomic E-state index is 0.134. The summed E-state index contributed by atoms with van der Waals surface area (Å²) in [6, 6.07) is 20.4. The average molecular weight is 382 g/mol. The van der Waals surface area contributed by atoms with E-state index in [1.165, 1.54) is 0 Å². The molecule has 1 unspecified atom stereocenters. The van der Waals surface area contributed by atoms with Crippen LogP contribution in [0, 0.1) is 0 Å². The molecule has 2 aromatic carbocycles. The highest BCUT2D eigenvalue weighted by Gasteiger charge is 2.24. The van der Waals surface area contributed by atoms with Gasteiger partial charge >= 0.3 is 0 Å². The lowest BCUT2D eigenvalue weighted by Gasteiger charge is -2.36. The normalized spacial score (nSPS) is 15.8. The standard InChI is InChI=1S/C23H31N3O2/c1-20(17-25-13-15-28-16-14-25)26(18-21-9-5-3-6-10-21)23(27)19-24(2)22-11-7-4-8-12-22/h3-12,20H,13-19H2,1-2H3. The highest BCUT2D eigenvalue weighted by molar-refractivity contribution is 5.81. The number of carbonyl (C=O) groups is 1. The van der Waals surface area contributed by atoms with Gasteiger partial charge in [0.15, 0.2) is 0 Å². The average Bonchev–Trinajstić information content (AvgIpc) is 2.74. The van der Waals surface area contributed by atoms with Crippen molar-refractivity contribution in [1.29, 1.82) is 0 Å². The van der Waals surface area contributed by atoms with E-state index in [9.17, 15) is 4.79 Å². The zero-order valence-electron chi connectivity index (χ0n) is 17.0. The monoisotopic (exact) mass is 381 g/mol. The number of likely N-dealkylation sites (N-methyl/N-ethyl adjacent to an activating group) is 1. The number of hydrogen-bond acceptors (Lipinski definition) is 4. The first-order valence-corrected chi connectivity index (χ1v) is 10.0. The molecule has 0 N–H and O–H groups in total. The Labute approximate surface area is 168 Å². The van der Waals surface area contributed by atoms with Crippen molar-refractivity contribution in [3.05, 3.63) is 66.2 Å². The molecule has 0 bridgehead atoms. The van der Waals surface area contributed by atoms with Gasteiger partial charge < -0.3 is 14.5 Å². The number of benzene rings is 2. The molecule has 1 atom stereocenters. The molecule has 1 fully saturated rings. The van der Waals surface area contributed by atoms with Crippen LogP contribution in [0.5, 0.6) is 0 Å². The first-order chi connectivity index (χ1) is 13.6. The Bertz CT molecular complexity index is 717. The highest BCUT2D eigenvalue weighted by Crippen LogP contribution is 2.15. The molecule has 28 heavy (non-hydrogen) atoms. The van der Waals surface area contributed by atoms with Gasteiger partial charge in [0, 0.05) is 45.0 Å². The number of ether oxygens (including phenoxy) is 1. The molecule has 0 radical (unpaired) electrons. The van der Waals surface area contributed by atoms with Gasteiger partial charge in [-0.15, -0.1) is 0 Å². The Morgan fingerprint density at radius 3 is 2.29 bits per heavy atom. The van der Waals surface area contributed by atoms with Crippen LogP contribution in [0.25, 0.3) is 0 Å². The minimum atomic E-state index is 0.134. The lowest BCUT2D eigenvalue weighted by molar-refractivity contribution is -0.133. The Kier molecular flexibility index (Phi) is 7.46. The Balaban J connectivity index is 1.69. The molecule has 1 aliphatic rings. The van der Waals surface area contributed by atoms with Crippen molar-refractivity contribution in [2.75, 3.05) is 51.3 Å². The zero-order valence-corrected chi connectivity index (χ0v) is 17.0. The van der Waals surface area contributed by atoms with E-state index in [4.69, 9.17) is 4.74 Å². The van der Waals surface area contributed by atoms with Gasteiger partial charge in [-0.25, -0.2) is 0 Å².